The highest BCUT2D eigenvalue weighted by molar-refractivity contribution is 6.45. The fourth-order valence-corrected chi connectivity index (χ4v) is 4.68. The summed E-state index contributed by atoms with van der Waals surface area (Å²) in [6.07, 6.45) is 2.18. The van der Waals surface area contributed by atoms with E-state index in [9.17, 15) is 9.59 Å². The molecule has 4 rings (SSSR count). The summed E-state index contributed by atoms with van der Waals surface area (Å²) in [5.41, 5.74) is 5.74. The van der Waals surface area contributed by atoms with Gasteiger partial charge in [-0.05, 0) is 68.0 Å². The van der Waals surface area contributed by atoms with Crippen LogP contribution in [0.25, 0.3) is 5.57 Å². The standard InChI is InChI=1S/C26H31N3O2/c1-17-8-13-22(19(3)15-17)23-24(28-14-6-7-18(2)16-28)26(31)29(25(23)30)21-11-9-20(10-12-21)27(4)5/h8-13,15,18H,6-7,14,16H2,1-5H3. The minimum Gasteiger partial charge on any atom is -0.378 e. The summed E-state index contributed by atoms with van der Waals surface area (Å²) in [6, 6.07) is 13.7. The predicted octanol–water partition coefficient (Wildman–Crippen LogP) is 4.39. The molecule has 2 aliphatic heterocycles. The number of imide groups is 1. The molecule has 5 nitrogen and oxygen atoms in total. The van der Waals surface area contributed by atoms with Crippen molar-refractivity contribution in [2.24, 2.45) is 5.92 Å². The lowest BCUT2D eigenvalue weighted by atomic mass is 9.95. The molecule has 1 atom stereocenters. The van der Waals surface area contributed by atoms with E-state index in [-0.39, 0.29) is 11.8 Å². The van der Waals surface area contributed by atoms with Gasteiger partial charge in [0.15, 0.2) is 0 Å². The molecule has 1 saturated heterocycles. The van der Waals surface area contributed by atoms with Gasteiger partial charge >= 0.3 is 0 Å². The summed E-state index contributed by atoms with van der Waals surface area (Å²) in [5, 5.41) is 0. The van der Waals surface area contributed by atoms with Crippen molar-refractivity contribution in [3.8, 4) is 0 Å². The average Bonchev–Trinajstić information content (AvgIpc) is 2.98. The van der Waals surface area contributed by atoms with E-state index in [1.54, 1.807) is 0 Å². The number of nitrogens with zero attached hydrogens (tertiary/aromatic N) is 3. The van der Waals surface area contributed by atoms with Crippen molar-refractivity contribution in [3.63, 3.8) is 0 Å². The number of carbonyl (C=O) groups excluding carboxylic acids is 2. The SMILES string of the molecule is Cc1ccc(C2=C(N3CCCC(C)C3)C(=O)N(c3ccc(N(C)C)cc3)C2=O)c(C)c1. The Morgan fingerprint density at radius 2 is 1.68 bits per heavy atom. The van der Waals surface area contributed by atoms with Crippen LogP contribution in [0.4, 0.5) is 11.4 Å². The van der Waals surface area contributed by atoms with Crippen molar-refractivity contribution in [1.82, 2.24) is 4.90 Å². The number of benzene rings is 2. The van der Waals surface area contributed by atoms with E-state index in [4.69, 9.17) is 0 Å². The minimum absolute atomic E-state index is 0.216. The molecule has 0 aromatic heterocycles. The van der Waals surface area contributed by atoms with Crippen LogP contribution in [-0.4, -0.2) is 43.9 Å². The monoisotopic (exact) mass is 417 g/mol. The number of rotatable bonds is 4. The summed E-state index contributed by atoms with van der Waals surface area (Å²) in [4.78, 5) is 32.9. The first-order valence-electron chi connectivity index (χ1n) is 11.0. The Hall–Kier alpha value is -3.08. The summed E-state index contributed by atoms with van der Waals surface area (Å²) < 4.78 is 0. The van der Waals surface area contributed by atoms with Gasteiger partial charge in [0.2, 0.25) is 0 Å². The fourth-order valence-electron chi connectivity index (χ4n) is 4.68. The van der Waals surface area contributed by atoms with Gasteiger partial charge in [0, 0.05) is 32.9 Å². The van der Waals surface area contributed by atoms with E-state index in [2.05, 4.69) is 17.9 Å². The lowest BCUT2D eigenvalue weighted by Gasteiger charge is -2.33. The smallest absolute Gasteiger partial charge is 0.282 e. The maximum absolute atomic E-state index is 13.7. The first-order valence-corrected chi connectivity index (χ1v) is 11.0. The number of carbonyl (C=O) groups is 2. The van der Waals surface area contributed by atoms with Crippen LogP contribution in [0.15, 0.2) is 48.2 Å². The summed E-state index contributed by atoms with van der Waals surface area (Å²) >= 11 is 0. The molecule has 5 heteroatoms. The van der Waals surface area contributed by atoms with Crippen LogP contribution in [0.3, 0.4) is 0 Å². The van der Waals surface area contributed by atoms with Crippen LogP contribution in [0.2, 0.25) is 0 Å². The molecule has 0 radical (unpaired) electrons. The van der Waals surface area contributed by atoms with Gasteiger partial charge in [-0.2, -0.15) is 0 Å². The molecule has 1 fully saturated rings. The molecule has 2 aromatic carbocycles. The lowest BCUT2D eigenvalue weighted by molar-refractivity contribution is -0.120. The highest BCUT2D eigenvalue weighted by atomic mass is 16.2. The zero-order valence-corrected chi connectivity index (χ0v) is 19.1. The minimum atomic E-state index is -0.234. The molecule has 2 heterocycles. The molecule has 0 saturated carbocycles. The maximum atomic E-state index is 13.7. The van der Waals surface area contributed by atoms with Crippen LogP contribution in [0.5, 0.6) is 0 Å². The molecule has 1 unspecified atom stereocenters. The number of likely N-dealkylation sites (tertiary alicyclic amines) is 1. The largest absolute Gasteiger partial charge is 0.378 e. The Balaban J connectivity index is 1.82. The summed E-state index contributed by atoms with van der Waals surface area (Å²) in [6.45, 7) is 7.87. The Labute approximate surface area is 184 Å². The van der Waals surface area contributed by atoms with Crippen LogP contribution < -0.4 is 9.80 Å². The Kier molecular flexibility index (Phi) is 5.61. The number of anilines is 2. The number of piperidine rings is 1. The van der Waals surface area contributed by atoms with Gasteiger partial charge < -0.3 is 9.80 Å². The number of hydrogen-bond donors (Lipinski definition) is 0. The molecule has 31 heavy (non-hydrogen) atoms. The van der Waals surface area contributed by atoms with Crippen molar-refractivity contribution < 1.29 is 9.59 Å². The topological polar surface area (TPSA) is 43.9 Å². The van der Waals surface area contributed by atoms with Gasteiger partial charge in [-0.25, -0.2) is 4.90 Å². The van der Waals surface area contributed by atoms with Crippen molar-refractivity contribution in [1.29, 1.82) is 0 Å². The second-order valence-corrected chi connectivity index (χ2v) is 9.09. The Bertz CT molecular complexity index is 1050. The molecule has 162 valence electrons. The second-order valence-electron chi connectivity index (χ2n) is 9.09. The zero-order valence-electron chi connectivity index (χ0n) is 19.1. The van der Waals surface area contributed by atoms with Crippen LogP contribution in [0, 0.1) is 19.8 Å². The van der Waals surface area contributed by atoms with E-state index in [1.165, 1.54) is 4.90 Å². The Morgan fingerprint density at radius 1 is 0.968 bits per heavy atom. The highest BCUT2D eigenvalue weighted by Crippen LogP contribution is 2.38. The number of hydrogen-bond acceptors (Lipinski definition) is 4. The first-order chi connectivity index (χ1) is 14.8. The number of aryl methyl sites for hydroxylation is 2. The third-order valence-electron chi connectivity index (χ3n) is 6.31. The maximum Gasteiger partial charge on any atom is 0.282 e. The third-order valence-corrected chi connectivity index (χ3v) is 6.31. The van der Waals surface area contributed by atoms with Crippen LogP contribution in [-0.2, 0) is 9.59 Å². The second kappa shape index (κ2) is 8.22. The van der Waals surface area contributed by atoms with E-state index in [0.717, 1.165) is 48.3 Å². The molecule has 0 N–H and O–H groups in total. The highest BCUT2D eigenvalue weighted by Gasteiger charge is 2.43. The number of amides is 2. The summed E-state index contributed by atoms with van der Waals surface area (Å²) in [7, 11) is 3.94. The van der Waals surface area contributed by atoms with E-state index >= 15 is 0 Å². The predicted molar refractivity (Wildman–Crippen MR) is 126 cm³/mol. The van der Waals surface area contributed by atoms with Gasteiger partial charge in [0.1, 0.15) is 5.70 Å². The molecule has 2 aromatic rings. The van der Waals surface area contributed by atoms with Gasteiger partial charge in [0.05, 0.1) is 11.3 Å². The molecular formula is C26H31N3O2. The van der Waals surface area contributed by atoms with Crippen molar-refractivity contribution in [2.75, 3.05) is 37.0 Å². The fraction of sp³-hybridized carbons (Fsp3) is 0.385. The average molecular weight is 418 g/mol. The molecular weight excluding hydrogens is 386 g/mol. The third kappa shape index (κ3) is 3.85. The van der Waals surface area contributed by atoms with Gasteiger partial charge in [-0.15, -0.1) is 0 Å². The summed E-state index contributed by atoms with van der Waals surface area (Å²) in [5.74, 6) is 0.0485. The first kappa shape index (κ1) is 21.2. The van der Waals surface area contributed by atoms with E-state index < -0.39 is 0 Å². The molecule has 2 amide bonds. The zero-order chi connectivity index (χ0) is 22.3. The molecule has 0 spiro atoms. The van der Waals surface area contributed by atoms with Crippen molar-refractivity contribution in [2.45, 2.75) is 33.6 Å². The van der Waals surface area contributed by atoms with Gasteiger partial charge in [0.25, 0.3) is 11.8 Å². The molecule has 0 bridgehead atoms. The molecule has 2 aliphatic rings. The Morgan fingerprint density at radius 3 is 2.29 bits per heavy atom. The normalized spacial score (nSPS) is 19.5. The lowest BCUT2D eigenvalue weighted by Crippen LogP contribution is -2.39. The van der Waals surface area contributed by atoms with Crippen molar-refractivity contribution in [3.05, 3.63) is 64.9 Å². The van der Waals surface area contributed by atoms with E-state index in [0.29, 0.717) is 22.9 Å². The molecule has 0 aliphatic carbocycles. The van der Waals surface area contributed by atoms with Crippen molar-refractivity contribution >= 4 is 28.8 Å². The van der Waals surface area contributed by atoms with Gasteiger partial charge in [-0.3, -0.25) is 9.59 Å². The van der Waals surface area contributed by atoms with Gasteiger partial charge in [-0.1, -0.05) is 30.7 Å². The quantitative estimate of drug-likeness (QED) is 0.693. The van der Waals surface area contributed by atoms with Crippen LogP contribution >= 0.6 is 0 Å². The van der Waals surface area contributed by atoms with Crippen LogP contribution in [0.1, 0.15) is 36.5 Å². The van der Waals surface area contributed by atoms with E-state index in [1.807, 2.05) is 69.2 Å².